The van der Waals surface area contributed by atoms with Gasteiger partial charge < -0.3 is 4.74 Å². The molecule has 71 valence electrons. The maximum Gasteiger partial charge on any atom is 0.127 e. The first-order valence-corrected chi connectivity index (χ1v) is 3.91. The molecule has 3 heteroatoms. The molecule has 0 spiro atoms. The molecular weight excluding hydrogens is 174 g/mol. The molecule has 0 saturated carbocycles. The lowest BCUT2D eigenvalue weighted by Crippen LogP contribution is -2.00. The van der Waals surface area contributed by atoms with Gasteiger partial charge in [0, 0.05) is 5.92 Å². The van der Waals surface area contributed by atoms with E-state index in [4.69, 9.17) is 4.74 Å². The van der Waals surface area contributed by atoms with Crippen molar-refractivity contribution in [3.63, 3.8) is 0 Å². The molecule has 0 bridgehead atoms. The molecule has 0 heterocycles. The van der Waals surface area contributed by atoms with Gasteiger partial charge in [-0.25, -0.2) is 4.39 Å². The summed E-state index contributed by atoms with van der Waals surface area (Å²) in [5.74, 6) is -0.605. The van der Waals surface area contributed by atoms with E-state index >= 15 is 0 Å². The maximum absolute atomic E-state index is 13.1. The monoisotopic (exact) mass is 185 g/mol. The van der Waals surface area contributed by atoms with Gasteiger partial charge in [-0.2, -0.15) is 0 Å². The van der Waals surface area contributed by atoms with Gasteiger partial charge >= 0.3 is 0 Å². The summed E-state index contributed by atoms with van der Waals surface area (Å²) in [6.07, 6.45) is 0. The van der Waals surface area contributed by atoms with Crippen molar-refractivity contribution in [3.8, 4) is 5.75 Å². The van der Waals surface area contributed by atoms with Crippen molar-refractivity contribution >= 4 is 0 Å². The molecule has 1 aromatic carbocycles. The van der Waals surface area contributed by atoms with Gasteiger partial charge in [0.15, 0.2) is 0 Å². The number of hydrogen-bond acceptors (Lipinski definition) is 1. The van der Waals surface area contributed by atoms with Crippen molar-refractivity contribution in [1.82, 2.24) is 0 Å². The van der Waals surface area contributed by atoms with Gasteiger partial charge in [0.1, 0.15) is 11.6 Å². The standard InChI is InChI=1S/C10H11F2O/c1-7(6-11)9-5-8(13-2)3-4-10(9)12/h3-5,7H,1,6H2,2H3. The lowest BCUT2D eigenvalue weighted by atomic mass is 10.0. The second kappa shape index (κ2) is 4.21. The predicted octanol–water partition coefficient (Wildman–Crippen LogP) is 2.72. The van der Waals surface area contributed by atoms with E-state index < -0.39 is 18.4 Å². The minimum absolute atomic E-state index is 0.252. The third-order valence-electron chi connectivity index (χ3n) is 1.83. The predicted molar refractivity (Wildman–Crippen MR) is 47.0 cm³/mol. The Balaban J connectivity index is 3.03. The minimum atomic E-state index is -0.677. The topological polar surface area (TPSA) is 9.23 Å². The minimum Gasteiger partial charge on any atom is -0.497 e. The SMILES string of the molecule is [CH2]C(CF)c1cc(OC)ccc1F. The summed E-state index contributed by atoms with van der Waals surface area (Å²) in [5.41, 5.74) is 0.252. The molecule has 0 aromatic heterocycles. The molecule has 0 N–H and O–H groups in total. The Morgan fingerprint density at radius 3 is 2.77 bits per heavy atom. The van der Waals surface area contributed by atoms with Gasteiger partial charge in [-0.15, -0.1) is 0 Å². The molecule has 1 unspecified atom stereocenters. The Labute approximate surface area is 76.3 Å². The first-order valence-electron chi connectivity index (χ1n) is 3.91. The van der Waals surface area contributed by atoms with Crippen LogP contribution in [0.4, 0.5) is 8.78 Å². The van der Waals surface area contributed by atoms with Crippen molar-refractivity contribution in [2.24, 2.45) is 0 Å². The van der Waals surface area contributed by atoms with Crippen LogP contribution in [0, 0.1) is 12.7 Å². The van der Waals surface area contributed by atoms with E-state index in [9.17, 15) is 8.78 Å². The van der Waals surface area contributed by atoms with Gasteiger partial charge in [-0.1, -0.05) is 0 Å². The summed E-state index contributed by atoms with van der Waals surface area (Å²) in [5, 5.41) is 0. The lowest BCUT2D eigenvalue weighted by Gasteiger charge is -2.09. The van der Waals surface area contributed by atoms with Crippen LogP contribution in [0.3, 0.4) is 0 Å². The van der Waals surface area contributed by atoms with Crippen molar-refractivity contribution in [2.45, 2.75) is 5.92 Å². The second-order valence-electron chi connectivity index (χ2n) is 2.74. The first-order chi connectivity index (χ1) is 6.19. The Hall–Kier alpha value is -1.12. The highest BCUT2D eigenvalue weighted by Gasteiger charge is 2.11. The molecule has 0 aliphatic carbocycles. The summed E-state index contributed by atoms with van der Waals surface area (Å²) in [4.78, 5) is 0. The largest absolute Gasteiger partial charge is 0.497 e. The molecule has 1 nitrogen and oxygen atoms in total. The first kappa shape index (κ1) is 9.96. The van der Waals surface area contributed by atoms with E-state index in [1.807, 2.05) is 0 Å². The Morgan fingerprint density at radius 2 is 2.23 bits per heavy atom. The van der Waals surface area contributed by atoms with Crippen molar-refractivity contribution in [1.29, 1.82) is 0 Å². The normalized spacial score (nSPS) is 12.6. The maximum atomic E-state index is 13.1. The van der Waals surface area contributed by atoms with Crippen LogP contribution in [-0.4, -0.2) is 13.8 Å². The third kappa shape index (κ3) is 2.17. The molecule has 1 atom stereocenters. The molecule has 0 aliphatic heterocycles. The van der Waals surface area contributed by atoms with E-state index in [0.29, 0.717) is 5.75 Å². The van der Waals surface area contributed by atoms with Crippen LogP contribution in [0.5, 0.6) is 5.75 Å². The average molecular weight is 185 g/mol. The van der Waals surface area contributed by atoms with Crippen LogP contribution in [0.1, 0.15) is 11.5 Å². The number of rotatable bonds is 3. The third-order valence-corrected chi connectivity index (χ3v) is 1.83. The van der Waals surface area contributed by atoms with Crippen LogP contribution in [-0.2, 0) is 0 Å². The number of ether oxygens (including phenoxy) is 1. The summed E-state index contributed by atoms with van der Waals surface area (Å²) >= 11 is 0. The number of methoxy groups -OCH3 is 1. The molecule has 0 fully saturated rings. The summed E-state index contributed by atoms with van der Waals surface area (Å²) in [6.45, 7) is 2.82. The zero-order chi connectivity index (χ0) is 9.84. The highest BCUT2D eigenvalue weighted by molar-refractivity contribution is 5.32. The number of halogens is 2. The quantitative estimate of drug-likeness (QED) is 0.703. The Kier molecular flexibility index (Phi) is 3.23. The number of benzene rings is 1. The molecule has 0 saturated heterocycles. The van der Waals surface area contributed by atoms with Crippen LogP contribution in [0.15, 0.2) is 18.2 Å². The van der Waals surface area contributed by atoms with E-state index in [2.05, 4.69) is 6.92 Å². The molecule has 1 radical (unpaired) electrons. The molecule has 1 rings (SSSR count). The Morgan fingerprint density at radius 1 is 1.54 bits per heavy atom. The fourth-order valence-electron chi connectivity index (χ4n) is 1.04. The van der Waals surface area contributed by atoms with Crippen LogP contribution >= 0.6 is 0 Å². The average Bonchev–Trinajstić information content (AvgIpc) is 2.17. The summed E-state index contributed by atoms with van der Waals surface area (Å²) in [6, 6.07) is 4.21. The fourth-order valence-corrected chi connectivity index (χ4v) is 1.04. The van der Waals surface area contributed by atoms with Crippen LogP contribution in [0.25, 0.3) is 0 Å². The lowest BCUT2D eigenvalue weighted by molar-refractivity contribution is 0.409. The molecule has 0 amide bonds. The number of alkyl halides is 1. The van der Waals surface area contributed by atoms with Gasteiger partial charge in [0.25, 0.3) is 0 Å². The van der Waals surface area contributed by atoms with E-state index in [-0.39, 0.29) is 5.56 Å². The Bertz CT molecular complexity index is 286. The van der Waals surface area contributed by atoms with Gasteiger partial charge in [-0.05, 0) is 30.7 Å². The van der Waals surface area contributed by atoms with Crippen LogP contribution in [0.2, 0.25) is 0 Å². The van der Waals surface area contributed by atoms with Crippen molar-refractivity contribution < 1.29 is 13.5 Å². The van der Waals surface area contributed by atoms with E-state index in [1.165, 1.54) is 25.3 Å². The van der Waals surface area contributed by atoms with E-state index in [0.717, 1.165) is 0 Å². The zero-order valence-electron chi connectivity index (χ0n) is 7.39. The molecule has 1 aromatic rings. The van der Waals surface area contributed by atoms with Crippen molar-refractivity contribution in [2.75, 3.05) is 13.8 Å². The van der Waals surface area contributed by atoms with Crippen LogP contribution < -0.4 is 4.74 Å². The molecule has 13 heavy (non-hydrogen) atoms. The smallest absolute Gasteiger partial charge is 0.127 e. The summed E-state index contributed by atoms with van der Waals surface area (Å²) < 4.78 is 30.2. The number of hydrogen-bond donors (Lipinski definition) is 0. The molecular formula is C10H11F2O. The van der Waals surface area contributed by atoms with Gasteiger partial charge in [0.05, 0.1) is 13.8 Å². The fraction of sp³-hybridized carbons (Fsp3) is 0.300. The van der Waals surface area contributed by atoms with Crippen molar-refractivity contribution in [3.05, 3.63) is 36.5 Å². The molecule has 0 aliphatic rings. The second-order valence-corrected chi connectivity index (χ2v) is 2.74. The van der Waals surface area contributed by atoms with E-state index in [1.54, 1.807) is 0 Å². The highest BCUT2D eigenvalue weighted by atomic mass is 19.1. The summed E-state index contributed by atoms with van der Waals surface area (Å²) in [7, 11) is 1.48. The van der Waals surface area contributed by atoms with Gasteiger partial charge in [-0.3, -0.25) is 4.39 Å². The highest BCUT2D eigenvalue weighted by Crippen LogP contribution is 2.23. The van der Waals surface area contributed by atoms with Gasteiger partial charge in [0.2, 0.25) is 0 Å². The zero-order valence-corrected chi connectivity index (χ0v) is 7.39.